The van der Waals surface area contributed by atoms with Gasteiger partial charge in [-0.1, -0.05) is 24.3 Å². The van der Waals surface area contributed by atoms with Gasteiger partial charge in [0.1, 0.15) is 5.75 Å². The van der Waals surface area contributed by atoms with E-state index in [1.807, 2.05) is 35.2 Å². The Kier molecular flexibility index (Phi) is 6.53. The first-order valence-electron chi connectivity index (χ1n) is 9.74. The first-order chi connectivity index (χ1) is 13.5. The fourth-order valence-electron chi connectivity index (χ4n) is 3.77. The fraction of sp³-hybridized carbons (Fsp3) is 0.364. The molecule has 4 N–H and O–H groups in total. The number of anilines is 1. The van der Waals surface area contributed by atoms with E-state index in [4.69, 9.17) is 5.73 Å². The zero-order valence-corrected chi connectivity index (χ0v) is 15.9. The number of likely N-dealkylation sites (tertiary alicyclic amines) is 1. The summed E-state index contributed by atoms with van der Waals surface area (Å²) in [6.07, 6.45) is 4.92. The number of aromatic hydroxyl groups is 1. The molecule has 1 atom stereocenters. The third-order valence-electron chi connectivity index (χ3n) is 5.12. The molecule has 0 unspecified atom stereocenters. The van der Waals surface area contributed by atoms with Gasteiger partial charge in [-0.15, -0.1) is 0 Å². The zero-order chi connectivity index (χ0) is 19.9. The molecule has 1 fully saturated rings. The molecule has 6 nitrogen and oxygen atoms in total. The second kappa shape index (κ2) is 9.26. The maximum atomic E-state index is 12.9. The summed E-state index contributed by atoms with van der Waals surface area (Å²) in [7, 11) is 0. The summed E-state index contributed by atoms with van der Waals surface area (Å²) in [5, 5.41) is 12.6. The van der Waals surface area contributed by atoms with Crippen LogP contribution in [-0.2, 0) is 17.6 Å². The van der Waals surface area contributed by atoms with Crippen molar-refractivity contribution in [2.24, 2.45) is 5.73 Å². The number of carbonyl (C=O) groups excluding carboxylic acids is 2. The number of nitrogens with two attached hydrogens (primary N) is 1. The molecular weight excluding hydrogens is 354 g/mol. The number of phenols is 1. The summed E-state index contributed by atoms with van der Waals surface area (Å²) in [5.74, 6) is -0.127. The Labute approximate surface area is 165 Å². The van der Waals surface area contributed by atoms with Crippen molar-refractivity contribution < 1.29 is 14.7 Å². The van der Waals surface area contributed by atoms with Crippen LogP contribution < -0.4 is 11.1 Å². The minimum absolute atomic E-state index is 0.114. The predicted octanol–water partition coefficient (Wildman–Crippen LogP) is 3.44. The second-order valence-corrected chi connectivity index (χ2v) is 7.33. The van der Waals surface area contributed by atoms with Crippen LogP contribution in [0.1, 0.15) is 36.8 Å². The van der Waals surface area contributed by atoms with Crippen LogP contribution in [0.25, 0.3) is 0 Å². The topological polar surface area (TPSA) is 95.7 Å². The monoisotopic (exact) mass is 381 g/mol. The van der Waals surface area contributed by atoms with E-state index in [0.29, 0.717) is 5.69 Å². The van der Waals surface area contributed by atoms with Crippen LogP contribution in [0.3, 0.4) is 0 Å². The van der Waals surface area contributed by atoms with Crippen LogP contribution in [0.15, 0.2) is 48.5 Å². The highest BCUT2D eigenvalue weighted by atomic mass is 16.3. The number of rotatable bonds is 6. The van der Waals surface area contributed by atoms with Crippen molar-refractivity contribution >= 4 is 17.6 Å². The highest BCUT2D eigenvalue weighted by Crippen LogP contribution is 2.23. The van der Waals surface area contributed by atoms with Crippen LogP contribution in [0.5, 0.6) is 5.75 Å². The van der Waals surface area contributed by atoms with E-state index in [1.165, 1.54) is 0 Å². The number of hydrogen-bond acceptors (Lipinski definition) is 3. The number of nitrogens with zero attached hydrogens (tertiary/aromatic N) is 1. The first kappa shape index (κ1) is 19.7. The lowest BCUT2D eigenvalue weighted by atomic mass is 9.96. The van der Waals surface area contributed by atoms with Gasteiger partial charge in [0.25, 0.3) is 0 Å². The standard InChI is InChI=1S/C22H27N3O3/c23-21(27)15-17-6-3-7-18(13-17)24-22(28)25-12-2-1-8-19(25)11-10-16-5-4-9-20(26)14-16/h3-7,9,13-14,19,26H,1-2,8,10-12,15H2,(H2,23,27)(H,24,28)/t19-/m0/s1. The highest BCUT2D eigenvalue weighted by Gasteiger charge is 2.26. The fourth-order valence-corrected chi connectivity index (χ4v) is 3.77. The second-order valence-electron chi connectivity index (χ2n) is 7.33. The van der Waals surface area contributed by atoms with Crippen molar-refractivity contribution in [1.29, 1.82) is 0 Å². The lowest BCUT2D eigenvalue weighted by molar-refractivity contribution is -0.117. The Morgan fingerprint density at radius 2 is 1.89 bits per heavy atom. The number of benzene rings is 2. The molecule has 3 rings (SSSR count). The largest absolute Gasteiger partial charge is 0.508 e. The van der Waals surface area contributed by atoms with Gasteiger partial charge in [-0.25, -0.2) is 4.79 Å². The number of phenolic OH excluding ortho intramolecular Hbond substituents is 1. The van der Waals surface area contributed by atoms with Crippen molar-refractivity contribution in [2.45, 2.75) is 44.6 Å². The van der Waals surface area contributed by atoms with Gasteiger partial charge >= 0.3 is 6.03 Å². The Balaban J connectivity index is 1.62. The first-order valence-corrected chi connectivity index (χ1v) is 9.74. The van der Waals surface area contributed by atoms with Crippen molar-refractivity contribution in [3.05, 3.63) is 59.7 Å². The molecule has 0 saturated carbocycles. The molecule has 1 aliphatic heterocycles. The number of urea groups is 1. The highest BCUT2D eigenvalue weighted by molar-refractivity contribution is 5.90. The Morgan fingerprint density at radius 1 is 1.11 bits per heavy atom. The maximum absolute atomic E-state index is 12.9. The van der Waals surface area contributed by atoms with Gasteiger partial charge in [0.15, 0.2) is 0 Å². The molecule has 28 heavy (non-hydrogen) atoms. The van der Waals surface area contributed by atoms with Crippen LogP contribution in [-0.4, -0.2) is 34.5 Å². The van der Waals surface area contributed by atoms with Crippen molar-refractivity contribution in [3.63, 3.8) is 0 Å². The predicted molar refractivity (Wildman–Crippen MR) is 109 cm³/mol. The third kappa shape index (κ3) is 5.49. The SMILES string of the molecule is NC(=O)Cc1cccc(NC(=O)N2CCCC[C@H]2CCc2cccc(O)c2)c1. The Hall–Kier alpha value is -3.02. The van der Waals surface area contributed by atoms with E-state index in [2.05, 4.69) is 5.32 Å². The van der Waals surface area contributed by atoms with Gasteiger partial charge in [0.2, 0.25) is 5.91 Å². The minimum atomic E-state index is -0.397. The molecule has 0 spiro atoms. The lowest BCUT2D eigenvalue weighted by Gasteiger charge is -2.36. The lowest BCUT2D eigenvalue weighted by Crippen LogP contribution is -2.46. The zero-order valence-electron chi connectivity index (χ0n) is 15.9. The summed E-state index contributed by atoms with van der Waals surface area (Å²) in [4.78, 5) is 25.9. The molecule has 1 aliphatic rings. The van der Waals surface area contributed by atoms with Crippen molar-refractivity contribution in [2.75, 3.05) is 11.9 Å². The number of piperidine rings is 1. The van der Waals surface area contributed by atoms with Crippen LogP contribution in [0, 0.1) is 0 Å². The average Bonchev–Trinajstić information content (AvgIpc) is 2.66. The number of carbonyl (C=O) groups is 2. The number of primary amides is 1. The van der Waals surface area contributed by atoms with Crippen LogP contribution in [0.2, 0.25) is 0 Å². The third-order valence-corrected chi connectivity index (χ3v) is 5.12. The summed E-state index contributed by atoms with van der Waals surface area (Å²) < 4.78 is 0. The molecule has 1 saturated heterocycles. The van der Waals surface area contributed by atoms with Crippen molar-refractivity contribution in [1.82, 2.24) is 4.90 Å². The number of aryl methyl sites for hydroxylation is 1. The summed E-state index contributed by atoms with van der Waals surface area (Å²) >= 11 is 0. The van der Waals surface area contributed by atoms with E-state index in [-0.39, 0.29) is 24.2 Å². The van der Waals surface area contributed by atoms with E-state index in [1.54, 1.807) is 18.2 Å². The molecular formula is C22H27N3O3. The van der Waals surface area contributed by atoms with Crippen LogP contribution in [0.4, 0.5) is 10.5 Å². The Morgan fingerprint density at radius 3 is 2.68 bits per heavy atom. The van der Waals surface area contributed by atoms with Gasteiger partial charge in [-0.2, -0.15) is 0 Å². The molecule has 3 amide bonds. The van der Waals surface area contributed by atoms with Gasteiger partial charge in [0, 0.05) is 18.3 Å². The number of nitrogens with one attached hydrogen (secondary N) is 1. The van der Waals surface area contributed by atoms with E-state index in [9.17, 15) is 14.7 Å². The summed E-state index contributed by atoms with van der Waals surface area (Å²) in [5.41, 5.74) is 7.77. The van der Waals surface area contributed by atoms with Gasteiger partial charge in [0.05, 0.1) is 6.42 Å². The maximum Gasteiger partial charge on any atom is 0.322 e. The molecule has 1 heterocycles. The molecule has 6 heteroatoms. The smallest absolute Gasteiger partial charge is 0.322 e. The number of amides is 3. The quantitative estimate of drug-likeness (QED) is 0.715. The molecule has 0 radical (unpaired) electrons. The minimum Gasteiger partial charge on any atom is -0.508 e. The van der Waals surface area contributed by atoms with Crippen molar-refractivity contribution in [3.8, 4) is 5.75 Å². The van der Waals surface area contributed by atoms with Crippen LogP contribution >= 0.6 is 0 Å². The molecule has 0 aliphatic carbocycles. The molecule has 0 aromatic heterocycles. The molecule has 148 valence electrons. The van der Waals surface area contributed by atoms with E-state index in [0.717, 1.165) is 49.8 Å². The Bertz CT molecular complexity index is 837. The summed E-state index contributed by atoms with van der Waals surface area (Å²) in [6.45, 7) is 0.734. The average molecular weight is 381 g/mol. The van der Waals surface area contributed by atoms with E-state index < -0.39 is 5.91 Å². The van der Waals surface area contributed by atoms with E-state index >= 15 is 0 Å². The molecule has 2 aromatic rings. The van der Waals surface area contributed by atoms with Gasteiger partial charge < -0.3 is 21.1 Å². The summed E-state index contributed by atoms with van der Waals surface area (Å²) in [6, 6.07) is 14.6. The van der Waals surface area contributed by atoms with Gasteiger partial charge in [-0.3, -0.25) is 4.79 Å². The number of hydrogen-bond donors (Lipinski definition) is 3. The molecule has 0 bridgehead atoms. The van der Waals surface area contributed by atoms with Gasteiger partial charge in [-0.05, 0) is 67.5 Å². The molecule has 2 aromatic carbocycles. The normalized spacial score (nSPS) is 16.6.